The Labute approximate surface area is 256 Å². The minimum atomic E-state index is -0.743. The maximum atomic E-state index is 14.8. The van der Waals surface area contributed by atoms with Gasteiger partial charge in [-0.25, -0.2) is 0 Å². The van der Waals surface area contributed by atoms with Crippen molar-refractivity contribution in [3.05, 3.63) is 119 Å². The third-order valence-corrected chi connectivity index (χ3v) is 8.30. The number of Topliss-reactive ketones (excluding diaryl/α,β-unsaturated/α-hetero) is 1. The molecule has 0 saturated heterocycles. The Bertz CT molecular complexity index is 1720. The zero-order valence-electron chi connectivity index (χ0n) is 25.1. The molecule has 2 aliphatic rings. The normalized spacial score (nSPS) is 17.5. The van der Waals surface area contributed by atoms with E-state index in [1.807, 2.05) is 66.7 Å². The molecule has 2 unspecified atom stereocenters. The number of anilines is 2. The maximum Gasteiger partial charge on any atom is 0.259 e. The van der Waals surface area contributed by atoms with Crippen molar-refractivity contribution in [1.82, 2.24) is 0 Å². The Morgan fingerprint density at radius 2 is 1.43 bits per heavy atom. The number of benzene rings is 4. The fourth-order valence-corrected chi connectivity index (χ4v) is 6.25. The molecule has 8 nitrogen and oxygen atoms in total. The number of allylic oxidation sites excluding steroid dienone is 1. The summed E-state index contributed by atoms with van der Waals surface area (Å²) in [5.41, 5.74) is 4.90. The molecule has 44 heavy (non-hydrogen) atoms. The molecule has 224 valence electrons. The zero-order chi connectivity index (χ0) is 30.8. The number of ketones is 1. The van der Waals surface area contributed by atoms with E-state index in [9.17, 15) is 9.59 Å². The van der Waals surface area contributed by atoms with Crippen molar-refractivity contribution < 1.29 is 28.5 Å². The van der Waals surface area contributed by atoms with Gasteiger partial charge in [-0.15, -0.1) is 0 Å². The lowest BCUT2D eigenvalue weighted by atomic mass is 9.78. The van der Waals surface area contributed by atoms with Gasteiger partial charge in [0.1, 0.15) is 5.75 Å². The number of fused-ring (bicyclic) bond motifs is 1. The molecular formula is C36H34N2O6. The summed E-state index contributed by atoms with van der Waals surface area (Å²) < 4.78 is 22.3. The molecule has 4 aromatic rings. The van der Waals surface area contributed by atoms with Crippen molar-refractivity contribution in [2.75, 3.05) is 38.7 Å². The Morgan fingerprint density at radius 1 is 0.750 bits per heavy atom. The van der Waals surface area contributed by atoms with Gasteiger partial charge < -0.3 is 24.3 Å². The second-order valence-electron chi connectivity index (χ2n) is 10.7. The van der Waals surface area contributed by atoms with Gasteiger partial charge >= 0.3 is 0 Å². The summed E-state index contributed by atoms with van der Waals surface area (Å²) in [7, 11) is 6.14. The molecule has 1 amide bonds. The van der Waals surface area contributed by atoms with Gasteiger partial charge in [0.15, 0.2) is 17.3 Å². The number of carbonyl (C=O) groups excluding carboxylic acids is 2. The number of amides is 1. The Balaban J connectivity index is 1.58. The van der Waals surface area contributed by atoms with E-state index in [2.05, 4.69) is 17.4 Å². The Kier molecular flexibility index (Phi) is 7.98. The molecule has 1 aliphatic heterocycles. The summed E-state index contributed by atoms with van der Waals surface area (Å²) in [6.07, 6.45) is 0.944. The van der Waals surface area contributed by atoms with E-state index in [4.69, 9.17) is 18.9 Å². The van der Waals surface area contributed by atoms with Crippen LogP contribution in [0.1, 0.15) is 46.3 Å². The van der Waals surface area contributed by atoms with Gasteiger partial charge in [0.05, 0.1) is 45.9 Å². The average Bonchev–Trinajstić information content (AvgIpc) is 3.22. The highest BCUT2D eigenvalue weighted by Crippen LogP contribution is 2.49. The first-order valence-electron chi connectivity index (χ1n) is 14.4. The third-order valence-electron chi connectivity index (χ3n) is 8.30. The van der Waals surface area contributed by atoms with Gasteiger partial charge in [0, 0.05) is 23.3 Å². The van der Waals surface area contributed by atoms with Crippen LogP contribution in [0.5, 0.6) is 23.0 Å². The van der Waals surface area contributed by atoms with E-state index in [1.54, 1.807) is 24.1 Å². The largest absolute Gasteiger partial charge is 0.497 e. The number of methoxy groups -OCH3 is 4. The first kappa shape index (κ1) is 28.9. The standard InChI is InChI=1S/C36H34N2O6/c1-41-26-14-10-13-23(17-26)34-33-28(18-24(19-30(33)39)22-11-6-5-7-12-22)37-27-15-8-9-16-29(27)38(34)36(40)25-20-31(42-2)35(44-4)32(21-25)43-3/h5-17,20-21,24,34,37H,18-19H2,1-4H3. The van der Waals surface area contributed by atoms with Crippen molar-refractivity contribution in [1.29, 1.82) is 0 Å². The minimum Gasteiger partial charge on any atom is -0.497 e. The van der Waals surface area contributed by atoms with Crippen LogP contribution < -0.4 is 29.2 Å². The van der Waals surface area contributed by atoms with Crippen molar-refractivity contribution in [3.8, 4) is 23.0 Å². The van der Waals surface area contributed by atoms with Crippen LogP contribution in [0, 0.1) is 0 Å². The topological polar surface area (TPSA) is 86.3 Å². The molecule has 0 saturated carbocycles. The van der Waals surface area contributed by atoms with E-state index < -0.39 is 6.04 Å². The number of ether oxygens (including phenoxy) is 4. The number of carbonyl (C=O) groups is 2. The predicted octanol–water partition coefficient (Wildman–Crippen LogP) is 6.94. The number of nitrogens with one attached hydrogen (secondary N) is 1. The van der Waals surface area contributed by atoms with Crippen LogP contribution >= 0.6 is 0 Å². The lowest BCUT2D eigenvalue weighted by molar-refractivity contribution is -0.116. The van der Waals surface area contributed by atoms with Crippen molar-refractivity contribution >= 4 is 23.1 Å². The SMILES string of the molecule is COc1cccc(C2C3=C(CC(c4ccccc4)CC3=O)Nc3ccccc3N2C(=O)c2cc(OC)c(OC)c(OC)c2)c1. The van der Waals surface area contributed by atoms with Gasteiger partial charge in [-0.05, 0) is 59.9 Å². The maximum absolute atomic E-state index is 14.8. The molecule has 1 heterocycles. The minimum absolute atomic E-state index is 0.00503. The van der Waals surface area contributed by atoms with Crippen molar-refractivity contribution in [2.24, 2.45) is 0 Å². The smallest absolute Gasteiger partial charge is 0.259 e. The molecule has 0 bridgehead atoms. The number of hydrogen-bond donors (Lipinski definition) is 1. The zero-order valence-corrected chi connectivity index (χ0v) is 25.1. The molecule has 0 radical (unpaired) electrons. The summed E-state index contributed by atoms with van der Waals surface area (Å²) in [5, 5.41) is 3.58. The molecule has 1 N–H and O–H groups in total. The summed E-state index contributed by atoms with van der Waals surface area (Å²) in [4.78, 5) is 30.9. The molecule has 0 fully saturated rings. The number of hydrogen-bond acceptors (Lipinski definition) is 7. The molecule has 8 heteroatoms. The Hall–Kier alpha value is -5.24. The molecule has 1 aliphatic carbocycles. The quantitative estimate of drug-likeness (QED) is 0.250. The summed E-state index contributed by atoms with van der Waals surface area (Å²) in [5.74, 6) is 1.37. The summed E-state index contributed by atoms with van der Waals surface area (Å²) >= 11 is 0. The number of rotatable bonds is 7. The van der Waals surface area contributed by atoms with Crippen LogP contribution in [0.4, 0.5) is 11.4 Å². The van der Waals surface area contributed by atoms with Gasteiger partial charge in [-0.2, -0.15) is 0 Å². The van der Waals surface area contributed by atoms with E-state index in [-0.39, 0.29) is 17.6 Å². The fraction of sp³-hybridized carbons (Fsp3) is 0.222. The van der Waals surface area contributed by atoms with Gasteiger partial charge in [0.25, 0.3) is 5.91 Å². The number of nitrogens with zero attached hydrogens (tertiary/aromatic N) is 1. The van der Waals surface area contributed by atoms with Gasteiger partial charge in [-0.3, -0.25) is 14.5 Å². The highest BCUT2D eigenvalue weighted by Gasteiger charge is 2.42. The Morgan fingerprint density at radius 3 is 2.11 bits per heavy atom. The molecule has 6 rings (SSSR count). The summed E-state index contributed by atoms with van der Waals surface area (Å²) in [6.45, 7) is 0. The highest BCUT2D eigenvalue weighted by atomic mass is 16.5. The van der Waals surface area contributed by atoms with Crippen LogP contribution in [-0.2, 0) is 4.79 Å². The lowest BCUT2D eigenvalue weighted by Gasteiger charge is -2.35. The predicted molar refractivity (Wildman–Crippen MR) is 169 cm³/mol. The van der Waals surface area contributed by atoms with Crippen LogP contribution in [0.2, 0.25) is 0 Å². The first-order valence-corrected chi connectivity index (χ1v) is 14.4. The molecular weight excluding hydrogens is 556 g/mol. The van der Waals surface area contributed by atoms with Gasteiger partial charge in [0.2, 0.25) is 5.75 Å². The lowest BCUT2D eigenvalue weighted by Crippen LogP contribution is -2.38. The first-order chi connectivity index (χ1) is 21.5. The highest BCUT2D eigenvalue weighted by molar-refractivity contribution is 6.12. The molecule has 2 atom stereocenters. The second-order valence-corrected chi connectivity index (χ2v) is 10.7. The third kappa shape index (κ3) is 5.13. The molecule has 0 spiro atoms. The van der Waals surface area contributed by atoms with Crippen molar-refractivity contribution in [3.63, 3.8) is 0 Å². The van der Waals surface area contributed by atoms with E-state index in [0.29, 0.717) is 52.7 Å². The second kappa shape index (κ2) is 12.2. The van der Waals surface area contributed by atoms with E-state index in [0.717, 1.165) is 22.5 Å². The van der Waals surface area contributed by atoms with Crippen molar-refractivity contribution in [2.45, 2.75) is 24.8 Å². The summed E-state index contributed by atoms with van der Waals surface area (Å²) in [6, 6.07) is 27.8. The monoisotopic (exact) mass is 590 g/mol. The van der Waals surface area contributed by atoms with Crippen LogP contribution in [-0.4, -0.2) is 40.1 Å². The average molecular weight is 591 g/mol. The van der Waals surface area contributed by atoms with E-state index >= 15 is 0 Å². The van der Waals surface area contributed by atoms with Crippen LogP contribution in [0.3, 0.4) is 0 Å². The number of para-hydroxylation sites is 2. The van der Waals surface area contributed by atoms with Crippen LogP contribution in [0.15, 0.2) is 102 Å². The van der Waals surface area contributed by atoms with E-state index in [1.165, 1.54) is 21.3 Å². The molecule has 0 aromatic heterocycles. The molecule has 4 aromatic carbocycles. The fourth-order valence-electron chi connectivity index (χ4n) is 6.25. The van der Waals surface area contributed by atoms with Crippen LogP contribution in [0.25, 0.3) is 0 Å². The van der Waals surface area contributed by atoms with Gasteiger partial charge in [-0.1, -0.05) is 54.6 Å².